The summed E-state index contributed by atoms with van der Waals surface area (Å²) < 4.78 is 11.0. The second kappa shape index (κ2) is 6.35. The number of hydrogen-bond donors (Lipinski definition) is 2. The van der Waals surface area contributed by atoms with Crippen molar-refractivity contribution in [2.75, 3.05) is 13.7 Å². The third kappa shape index (κ3) is 2.97. The molecule has 0 saturated carbocycles. The Morgan fingerprint density at radius 1 is 1.46 bits per heavy atom. The van der Waals surface area contributed by atoms with E-state index >= 15 is 0 Å². The lowest BCUT2D eigenvalue weighted by atomic mass is 10.1. The zero-order valence-electron chi connectivity index (χ0n) is 13.5. The van der Waals surface area contributed by atoms with Gasteiger partial charge in [-0.25, -0.2) is 4.98 Å². The molecule has 0 radical (unpaired) electrons. The fourth-order valence-electron chi connectivity index (χ4n) is 2.88. The Morgan fingerprint density at radius 3 is 2.88 bits per heavy atom. The van der Waals surface area contributed by atoms with E-state index in [0.717, 1.165) is 17.2 Å². The van der Waals surface area contributed by atoms with Crippen LogP contribution in [0.25, 0.3) is 10.8 Å². The van der Waals surface area contributed by atoms with Gasteiger partial charge in [0.15, 0.2) is 0 Å². The van der Waals surface area contributed by atoms with Crippen LogP contribution in [0.3, 0.4) is 0 Å². The number of fused-ring (bicyclic) bond motifs is 1. The molecule has 1 aromatic carbocycles. The zero-order chi connectivity index (χ0) is 17.3. The number of aromatic nitrogens is 1. The number of hydrogen-bond acceptors (Lipinski definition) is 5. The highest BCUT2D eigenvalue weighted by molar-refractivity contribution is 6.01. The number of nitrogens with two attached hydrogens (primary N) is 1. The number of rotatable bonds is 5. The molecule has 1 aliphatic rings. The van der Waals surface area contributed by atoms with Gasteiger partial charge in [-0.3, -0.25) is 9.59 Å². The molecule has 126 valence electrons. The first-order valence-electron chi connectivity index (χ1n) is 7.69. The molecule has 0 bridgehead atoms. The molecule has 3 rings (SSSR count). The van der Waals surface area contributed by atoms with Gasteiger partial charge < -0.3 is 20.5 Å². The Morgan fingerprint density at radius 2 is 2.25 bits per heavy atom. The summed E-state index contributed by atoms with van der Waals surface area (Å²) in [5.41, 5.74) is 5.69. The number of primary amides is 1. The lowest BCUT2D eigenvalue weighted by Gasteiger charge is -2.14. The molecule has 7 heteroatoms. The summed E-state index contributed by atoms with van der Waals surface area (Å²) in [6, 6.07) is 5.09. The minimum absolute atomic E-state index is 0.00250. The van der Waals surface area contributed by atoms with Gasteiger partial charge in [-0.1, -0.05) is 6.92 Å². The fourth-order valence-corrected chi connectivity index (χ4v) is 2.88. The van der Waals surface area contributed by atoms with Crippen molar-refractivity contribution in [2.24, 2.45) is 11.7 Å². The summed E-state index contributed by atoms with van der Waals surface area (Å²) in [6.45, 7) is 2.23. The average Bonchev–Trinajstić information content (AvgIpc) is 2.89. The van der Waals surface area contributed by atoms with Crippen molar-refractivity contribution in [3.8, 4) is 11.6 Å². The van der Waals surface area contributed by atoms with Crippen molar-refractivity contribution in [1.29, 1.82) is 0 Å². The molecule has 0 aliphatic carbocycles. The number of nitrogens with zero attached hydrogens (tertiary/aromatic N) is 1. The Labute approximate surface area is 139 Å². The summed E-state index contributed by atoms with van der Waals surface area (Å²) in [7, 11) is 1.47. The molecule has 2 atom stereocenters. The van der Waals surface area contributed by atoms with Crippen molar-refractivity contribution in [2.45, 2.75) is 19.4 Å². The lowest BCUT2D eigenvalue weighted by Crippen LogP contribution is -2.31. The van der Waals surface area contributed by atoms with Crippen LogP contribution in [0, 0.1) is 5.92 Å². The van der Waals surface area contributed by atoms with Crippen LogP contribution >= 0.6 is 0 Å². The minimum atomic E-state index is -0.560. The van der Waals surface area contributed by atoms with Crippen LogP contribution in [-0.2, 0) is 4.79 Å². The molecule has 1 aromatic heterocycles. The van der Waals surface area contributed by atoms with Crippen LogP contribution in [0.4, 0.5) is 0 Å². The number of benzene rings is 1. The predicted octanol–water partition coefficient (Wildman–Crippen LogP) is 1.25. The van der Waals surface area contributed by atoms with Crippen LogP contribution in [-0.4, -0.2) is 36.6 Å². The molecular weight excluding hydrogens is 310 g/mol. The quantitative estimate of drug-likeness (QED) is 0.859. The van der Waals surface area contributed by atoms with Crippen LogP contribution in [0.1, 0.15) is 23.7 Å². The maximum Gasteiger partial charge on any atom is 0.252 e. The molecule has 2 heterocycles. The topological polar surface area (TPSA) is 104 Å². The zero-order valence-corrected chi connectivity index (χ0v) is 13.5. The highest BCUT2D eigenvalue weighted by Crippen LogP contribution is 2.30. The van der Waals surface area contributed by atoms with Crippen molar-refractivity contribution >= 4 is 22.6 Å². The van der Waals surface area contributed by atoms with Crippen molar-refractivity contribution in [1.82, 2.24) is 10.3 Å². The van der Waals surface area contributed by atoms with Gasteiger partial charge in [-0.2, -0.15) is 0 Å². The molecule has 24 heavy (non-hydrogen) atoms. The molecule has 2 aromatic rings. The molecule has 1 fully saturated rings. The van der Waals surface area contributed by atoms with E-state index in [2.05, 4.69) is 10.3 Å². The highest BCUT2D eigenvalue weighted by Gasteiger charge is 2.28. The van der Waals surface area contributed by atoms with Crippen molar-refractivity contribution in [3.05, 3.63) is 30.0 Å². The summed E-state index contributed by atoms with van der Waals surface area (Å²) in [5.74, 6) is 0.279. The van der Waals surface area contributed by atoms with Crippen LogP contribution in [0.2, 0.25) is 0 Å². The number of amides is 2. The largest absolute Gasteiger partial charge is 0.496 e. The Bertz CT molecular complexity index is 806. The molecule has 1 aliphatic heterocycles. The average molecular weight is 329 g/mol. The Balaban J connectivity index is 1.88. The first-order chi connectivity index (χ1) is 11.5. The van der Waals surface area contributed by atoms with Crippen LogP contribution in [0.5, 0.6) is 11.6 Å². The fraction of sp³-hybridized carbons (Fsp3) is 0.353. The molecule has 2 amide bonds. The lowest BCUT2D eigenvalue weighted by molar-refractivity contribution is -0.122. The molecular formula is C17H19N3O4. The van der Waals surface area contributed by atoms with E-state index in [1.54, 1.807) is 24.4 Å². The first kappa shape index (κ1) is 16.0. The van der Waals surface area contributed by atoms with Gasteiger partial charge in [0.05, 0.1) is 18.7 Å². The number of ether oxygens (including phenoxy) is 2. The number of nitrogens with one attached hydrogen (secondary N) is 1. The van der Waals surface area contributed by atoms with Gasteiger partial charge >= 0.3 is 0 Å². The number of carbonyl (C=O) groups is 2. The van der Waals surface area contributed by atoms with E-state index in [1.807, 2.05) is 6.92 Å². The van der Waals surface area contributed by atoms with Crippen molar-refractivity contribution in [3.63, 3.8) is 0 Å². The van der Waals surface area contributed by atoms with E-state index in [4.69, 9.17) is 15.2 Å². The van der Waals surface area contributed by atoms with Gasteiger partial charge in [0.2, 0.25) is 11.8 Å². The molecule has 0 spiro atoms. The molecule has 1 saturated heterocycles. The predicted molar refractivity (Wildman–Crippen MR) is 88.0 cm³/mol. The van der Waals surface area contributed by atoms with E-state index in [0.29, 0.717) is 23.8 Å². The number of methoxy groups -OCH3 is 1. The van der Waals surface area contributed by atoms with Crippen molar-refractivity contribution < 1.29 is 19.1 Å². The van der Waals surface area contributed by atoms with Gasteiger partial charge in [-0.15, -0.1) is 0 Å². The standard InChI is InChI=1S/C17H19N3O4/c1-9-5-11(20-16(9)22)8-24-17-12-7-14(23-2)13(15(18)21)6-10(12)3-4-19-17/h3-4,6-7,9,11H,5,8H2,1-2H3,(H2,18,21)(H,20,22)/t9-,11?/m1/s1. The molecule has 7 nitrogen and oxygen atoms in total. The van der Waals surface area contributed by atoms with Gasteiger partial charge in [0, 0.05) is 17.5 Å². The second-order valence-corrected chi connectivity index (χ2v) is 5.91. The third-order valence-corrected chi connectivity index (χ3v) is 4.17. The first-order valence-corrected chi connectivity index (χ1v) is 7.69. The summed E-state index contributed by atoms with van der Waals surface area (Å²) >= 11 is 0. The molecule has 3 N–H and O–H groups in total. The number of carbonyl (C=O) groups excluding carboxylic acids is 2. The maximum atomic E-state index is 11.6. The Hall–Kier alpha value is -2.83. The summed E-state index contributed by atoms with van der Waals surface area (Å²) in [6.07, 6.45) is 2.34. The summed E-state index contributed by atoms with van der Waals surface area (Å²) in [4.78, 5) is 27.3. The second-order valence-electron chi connectivity index (χ2n) is 5.91. The summed E-state index contributed by atoms with van der Waals surface area (Å²) in [5, 5.41) is 4.39. The van der Waals surface area contributed by atoms with Crippen LogP contribution < -0.4 is 20.5 Å². The van der Waals surface area contributed by atoms with E-state index in [9.17, 15) is 9.59 Å². The van der Waals surface area contributed by atoms with Gasteiger partial charge in [0.25, 0.3) is 5.91 Å². The Kier molecular flexibility index (Phi) is 4.24. The third-order valence-electron chi connectivity index (χ3n) is 4.17. The monoisotopic (exact) mass is 329 g/mol. The number of pyridine rings is 1. The van der Waals surface area contributed by atoms with Gasteiger partial charge in [-0.05, 0) is 30.0 Å². The normalized spacial score (nSPS) is 20.0. The SMILES string of the molecule is COc1cc2c(OCC3C[C@@H](C)C(=O)N3)nccc2cc1C(N)=O. The molecule has 1 unspecified atom stereocenters. The highest BCUT2D eigenvalue weighted by atomic mass is 16.5. The van der Waals surface area contributed by atoms with E-state index < -0.39 is 5.91 Å². The van der Waals surface area contributed by atoms with E-state index in [1.165, 1.54) is 7.11 Å². The smallest absolute Gasteiger partial charge is 0.252 e. The van der Waals surface area contributed by atoms with Crippen LogP contribution in [0.15, 0.2) is 24.4 Å². The minimum Gasteiger partial charge on any atom is -0.496 e. The maximum absolute atomic E-state index is 11.6. The van der Waals surface area contributed by atoms with Gasteiger partial charge in [0.1, 0.15) is 12.4 Å². The van der Waals surface area contributed by atoms with E-state index in [-0.39, 0.29) is 17.9 Å².